The number of aryl methyl sites for hydroxylation is 1. The van der Waals surface area contributed by atoms with Crippen molar-refractivity contribution in [3.63, 3.8) is 0 Å². The molecular formula is C9H12N4OS. The summed E-state index contributed by atoms with van der Waals surface area (Å²) in [6.45, 7) is 2.78. The van der Waals surface area contributed by atoms with Crippen LogP contribution < -0.4 is 5.73 Å². The van der Waals surface area contributed by atoms with E-state index in [-0.39, 0.29) is 0 Å². The number of aliphatic hydroxyl groups is 1. The van der Waals surface area contributed by atoms with Crippen molar-refractivity contribution >= 4 is 16.5 Å². The molecule has 5 nitrogen and oxygen atoms in total. The molecule has 0 aliphatic heterocycles. The van der Waals surface area contributed by atoms with Gasteiger partial charge >= 0.3 is 0 Å². The Morgan fingerprint density at radius 1 is 1.60 bits per heavy atom. The van der Waals surface area contributed by atoms with Crippen LogP contribution in [0.3, 0.4) is 0 Å². The van der Waals surface area contributed by atoms with E-state index >= 15 is 0 Å². The monoisotopic (exact) mass is 224 g/mol. The van der Waals surface area contributed by atoms with Crippen molar-refractivity contribution in [3.05, 3.63) is 29.0 Å². The van der Waals surface area contributed by atoms with Crippen molar-refractivity contribution in [3.8, 4) is 0 Å². The fourth-order valence-electron chi connectivity index (χ4n) is 1.29. The Balaban J connectivity index is 2.23. The van der Waals surface area contributed by atoms with E-state index in [1.807, 2.05) is 13.1 Å². The Morgan fingerprint density at radius 2 is 2.40 bits per heavy atom. The minimum atomic E-state index is -0.680. The highest BCUT2D eigenvalue weighted by Crippen LogP contribution is 2.27. The van der Waals surface area contributed by atoms with Gasteiger partial charge in [-0.25, -0.2) is 4.98 Å². The lowest BCUT2D eigenvalue weighted by atomic mass is 10.2. The molecule has 1 unspecified atom stereocenters. The molecule has 80 valence electrons. The van der Waals surface area contributed by atoms with Gasteiger partial charge in [-0.1, -0.05) is 11.3 Å². The first-order valence-corrected chi connectivity index (χ1v) is 5.44. The van der Waals surface area contributed by atoms with Gasteiger partial charge in [-0.3, -0.25) is 4.68 Å². The summed E-state index contributed by atoms with van der Waals surface area (Å²) in [6, 6.07) is 0. The van der Waals surface area contributed by atoms with Gasteiger partial charge in [-0.15, -0.1) is 0 Å². The Kier molecular flexibility index (Phi) is 2.70. The van der Waals surface area contributed by atoms with Crippen LogP contribution in [-0.4, -0.2) is 19.9 Å². The highest BCUT2D eigenvalue weighted by atomic mass is 32.1. The van der Waals surface area contributed by atoms with E-state index in [2.05, 4.69) is 10.1 Å². The summed E-state index contributed by atoms with van der Waals surface area (Å²) in [7, 11) is 0. The van der Waals surface area contributed by atoms with Crippen LogP contribution in [0, 0.1) is 0 Å². The number of rotatable bonds is 3. The number of anilines is 1. The maximum absolute atomic E-state index is 9.98. The molecule has 0 bridgehead atoms. The van der Waals surface area contributed by atoms with Gasteiger partial charge in [0.05, 0.1) is 11.1 Å². The minimum absolute atomic E-state index is 0.465. The third-order valence-electron chi connectivity index (χ3n) is 2.10. The topological polar surface area (TPSA) is 77.0 Å². The highest BCUT2D eigenvalue weighted by Gasteiger charge is 2.14. The molecule has 0 radical (unpaired) electrons. The molecule has 1 atom stereocenters. The van der Waals surface area contributed by atoms with Gasteiger partial charge in [0.2, 0.25) is 0 Å². The van der Waals surface area contributed by atoms with Crippen LogP contribution in [0.4, 0.5) is 5.13 Å². The van der Waals surface area contributed by atoms with Crippen LogP contribution in [0.5, 0.6) is 0 Å². The number of nitrogens with two attached hydrogens (primary N) is 1. The van der Waals surface area contributed by atoms with E-state index in [0.717, 1.165) is 17.0 Å². The number of nitrogens with zero attached hydrogens (tertiary/aromatic N) is 3. The largest absolute Gasteiger partial charge is 0.383 e. The predicted molar refractivity (Wildman–Crippen MR) is 58.5 cm³/mol. The average Bonchev–Trinajstić information content (AvgIpc) is 2.84. The van der Waals surface area contributed by atoms with Gasteiger partial charge in [0.15, 0.2) is 5.13 Å². The molecule has 0 aliphatic carbocycles. The molecular weight excluding hydrogens is 212 g/mol. The van der Waals surface area contributed by atoms with Crippen molar-refractivity contribution in [1.29, 1.82) is 0 Å². The lowest BCUT2D eigenvalue weighted by Crippen LogP contribution is -1.96. The molecule has 0 aliphatic rings. The molecule has 0 aromatic carbocycles. The van der Waals surface area contributed by atoms with E-state index in [0.29, 0.717) is 5.13 Å². The summed E-state index contributed by atoms with van der Waals surface area (Å²) in [5.74, 6) is 0. The normalized spacial score (nSPS) is 12.9. The summed E-state index contributed by atoms with van der Waals surface area (Å²) in [5.41, 5.74) is 6.27. The van der Waals surface area contributed by atoms with Gasteiger partial charge in [0, 0.05) is 24.5 Å². The zero-order chi connectivity index (χ0) is 10.8. The van der Waals surface area contributed by atoms with Crippen molar-refractivity contribution < 1.29 is 5.11 Å². The zero-order valence-electron chi connectivity index (χ0n) is 8.29. The first kappa shape index (κ1) is 10.1. The second kappa shape index (κ2) is 4.00. The Hall–Kier alpha value is -1.40. The fraction of sp³-hybridized carbons (Fsp3) is 0.333. The van der Waals surface area contributed by atoms with Gasteiger partial charge in [-0.2, -0.15) is 5.10 Å². The van der Waals surface area contributed by atoms with Crippen LogP contribution in [0.25, 0.3) is 0 Å². The maximum Gasteiger partial charge on any atom is 0.180 e. The molecule has 2 rings (SSSR count). The van der Waals surface area contributed by atoms with Crippen LogP contribution in [0.1, 0.15) is 23.5 Å². The SMILES string of the molecule is CCn1cc(C(O)c2cnc(N)s2)cn1. The molecule has 2 aromatic rings. The van der Waals surface area contributed by atoms with E-state index in [4.69, 9.17) is 5.73 Å². The second-order valence-electron chi connectivity index (χ2n) is 3.13. The maximum atomic E-state index is 9.98. The van der Waals surface area contributed by atoms with Crippen molar-refractivity contribution in [2.24, 2.45) is 0 Å². The minimum Gasteiger partial charge on any atom is -0.383 e. The Bertz CT molecular complexity index is 450. The third-order valence-corrected chi connectivity index (χ3v) is 2.98. The number of nitrogen functional groups attached to an aromatic ring is 1. The molecule has 0 saturated carbocycles. The predicted octanol–water partition coefficient (Wildman–Crippen LogP) is 1.02. The standard InChI is InChI=1S/C9H12N4OS/c1-2-13-5-6(3-12-13)8(14)7-4-11-9(10)15-7/h3-5,8,14H,2H2,1H3,(H2,10,11). The van der Waals surface area contributed by atoms with Crippen molar-refractivity contribution in [2.75, 3.05) is 5.73 Å². The quantitative estimate of drug-likeness (QED) is 0.816. The first-order valence-electron chi connectivity index (χ1n) is 4.62. The Labute approximate surface area is 91.2 Å². The Morgan fingerprint density at radius 3 is 2.93 bits per heavy atom. The molecule has 0 saturated heterocycles. The van der Waals surface area contributed by atoms with Gasteiger partial charge in [0.25, 0.3) is 0 Å². The number of aliphatic hydroxyl groups excluding tert-OH is 1. The molecule has 15 heavy (non-hydrogen) atoms. The number of aromatic nitrogens is 3. The van der Waals surface area contributed by atoms with Crippen molar-refractivity contribution in [1.82, 2.24) is 14.8 Å². The van der Waals surface area contributed by atoms with Crippen LogP contribution in [0.15, 0.2) is 18.6 Å². The summed E-state index contributed by atoms with van der Waals surface area (Å²) in [6.07, 6.45) is 4.39. The average molecular weight is 224 g/mol. The summed E-state index contributed by atoms with van der Waals surface area (Å²) >= 11 is 1.29. The zero-order valence-corrected chi connectivity index (χ0v) is 9.11. The summed E-state index contributed by atoms with van der Waals surface area (Å²) in [4.78, 5) is 4.64. The first-order chi connectivity index (χ1) is 7.20. The fourth-order valence-corrected chi connectivity index (χ4v) is 1.99. The number of hydrogen-bond acceptors (Lipinski definition) is 5. The molecule has 2 heterocycles. The van der Waals surface area contributed by atoms with Crippen LogP contribution in [-0.2, 0) is 6.54 Å². The van der Waals surface area contributed by atoms with Gasteiger partial charge < -0.3 is 10.8 Å². The third kappa shape index (κ3) is 2.00. The van der Waals surface area contributed by atoms with Gasteiger partial charge in [-0.05, 0) is 6.92 Å². The van der Waals surface area contributed by atoms with Gasteiger partial charge in [0.1, 0.15) is 6.10 Å². The summed E-state index contributed by atoms with van der Waals surface area (Å²) in [5, 5.41) is 14.5. The van der Waals surface area contributed by atoms with Crippen LogP contribution >= 0.6 is 11.3 Å². The lowest BCUT2D eigenvalue weighted by Gasteiger charge is -2.03. The molecule has 0 fully saturated rings. The molecule has 0 amide bonds. The second-order valence-corrected chi connectivity index (χ2v) is 4.23. The molecule has 6 heteroatoms. The van der Waals surface area contributed by atoms with E-state index in [1.165, 1.54) is 11.3 Å². The highest BCUT2D eigenvalue weighted by molar-refractivity contribution is 7.15. The van der Waals surface area contributed by atoms with E-state index in [9.17, 15) is 5.11 Å². The van der Waals surface area contributed by atoms with Crippen molar-refractivity contribution in [2.45, 2.75) is 19.6 Å². The number of thiazole rings is 1. The molecule has 0 spiro atoms. The lowest BCUT2D eigenvalue weighted by molar-refractivity contribution is 0.224. The molecule has 2 aromatic heterocycles. The molecule has 3 N–H and O–H groups in total. The number of hydrogen-bond donors (Lipinski definition) is 2. The van der Waals surface area contributed by atoms with E-state index < -0.39 is 6.10 Å². The summed E-state index contributed by atoms with van der Waals surface area (Å²) < 4.78 is 1.77. The van der Waals surface area contributed by atoms with Crippen LogP contribution in [0.2, 0.25) is 0 Å². The smallest absolute Gasteiger partial charge is 0.180 e. The van der Waals surface area contributed by atoms with E-state index in [1.54, 1.807) is 17.1 Å².